The lowest BCUT2D eigenvalue weighted by Crippen LogP contribution is -2.48. The number of amides is 1. The Hall–Kier alpha value is -1.40. The van der Waals surface area contributed by atoms with Gasteiger partial charge in [0.15, 0.2) is 0 Å². The topological polar surface area (TPSA) is 61.6 Å². The first-order valence-corrected chi connectivity index (χ1v) is 7.91. The summed E-state index contributed by atoms with van der Waals surface area (Å²) < 4.78 is 4.85. The van der Waals surface area contributed by atoms with Crippen LogP contribution in [0.2, 0.25) is 0 Å². The Morgan fingerprint density at radius 1 is 1.38 bits per heavy atom. The van der Waals surface area contributed by atoms with Gasteiger partial charge in [-0.05, 0) is 31.8 Å². The average Bonchev–Trinajstić information content (AvgIpc) is 3.19. The fourth-order valence-electron chi connectivity index (χ4n) is 3.15. The van der Waals surface area contributed by atoms with E-state index in [-0.39, 0.29) is 0 Å². The van der Waals surface area contributed by atoms with E-state index >= 15 is 0 Å². The van der Waals surface area contributed by atoms with E-state index in [4.69, 9.17) is 4.52 Å². The smallest absolute Gasteiger partial charge is 0.222 e. The van der Waals surface area contributed by atoms with Crippen LogP contribution in [0.15, 0.2) is 16.9 Å². The van der Waals surface area contributed by atoms with Crippen LogP contribution < -0.4 is 5.32 Å². The molecule has 1 N–H and O–H groups in total. The lowest BCUT2D eigenvalue weighted by molar-refractivity contribution is -0.133. The Morgan fingerprint density at radius 3 is 2.90 bits per heavy atom. The summed E-state index contributed by atoms with van der Waals surface area (Å²) in [5.74, 6) is 1.02. The van der Waals surface area contributed by atoms with Gasteiger partial charge < -0.3 is 14.7 Å². The minimum Gasteiger partial charge on any atom is -0.364 e. The number of carbonyl (C=O) groups is 1. The Labute approximate surface area is 125 Å². The molecule has 116 valence electrons. The SMILES string of the molecule is O=C(CCC1CCNC1)N1CCN(Cc2ccon2)CC1. The van der Waals surface area contributed by atoms with Gasteiger partial charge in [0.25, 0.3) is 0 Å². The number of rotatable bonds is 5. The summed E-state index contributed by atoms with van der Waals surface area (Å²) in [6, 6.07) is 1.90. The molecule has 0 aromatic carbocycles. The van der Waals surface area contributed by atoms with Gasteiger partial charge in [0.2, 0.25) is 5.91 Å². The van der Waals surface area contributed by atoms with Crippen molar-refractivity contribution in [2.45, 2.75) is 25.8 Å². The van der Waals surface area contributed by atoms with Crippen molar-refractivity contribution in [1.29, 1.82) is 0 Å². The van der Waals surface area contributed by atoms with Gasteiger partial charge in [-0.2, -0.15) is 0 Å². The molecule has 0 bridgehead atoms. The van der Waals surface area contributed by atoms with Crippen molar-refractivity contribution < 1.29 is 9.32 Å². The van der Waals surface area contributed by atoms with Crippen molar-refractivity contribution in [1.82, 2.24) is 20.3 Å². The second-order valence-electron chi connectivity index (χ2n) is 6.05. The van der Waals surface area contributed by atoms with Gasteiger partial charge >= 0.3 is 0 Å². The molecule has 2 aliphatic rings. The highest BCUT2D eigenvalue weighted by Crippen LogP contribution is 2.16. The second kappa shape index (κ2) is 7.04. The molecular weight excluding hydrogens is 268 g/mol. The van der Waals surface area contributed by atoms with E-state index in [0.717, 1.165) is 57.9 Å². The lowest BCUT2D eigenvalue weighted by atomic mass is 10.0. The standard InChI is InChI=1S/C15H24N4O2/c20-15(2-1-13-3-5-16-11-13)19-8-6-18(7-9-19)12-14-4-10-21-17-14/h4,10,13,16H,1-3,5-9,11-12H2. The van der Waals surface area contributed by atoms with E-state index in [1.165, 1.54) is 6.42 Å². The minimum absolute atomic E-state index is 0.322. The molecule has 1 aromatic rings. The minimum atomic E-state index is 0.322. The van der Waals surface area contributed by atoms with Gasteiger partial charge in [-0.3, -0.25) is 9.69 Å². The molecule has 0 aliphatic carbocycles. The third-order valence-corrected chi connectivity index (χ3v) is 4.53. The molecule has 3 heterocycles. The van der Waals surface area contributed by atoms with Gasteiger partial charge in [-0.1, -0.05) is 5.16 Å². The van der Waals surface area contributed by atoms with Crippen LogP contribution in [0.3, 0.4) is 0 Å². The summed E-state index contributed by atoms with van der Waals surface area (Å²) in [5.41, 5.74) is 0.962. The number of hydrogen-bond donors (Lipinski definition) is 1. The molecule has 2 saturated heterocycles. The molecular formula is C15H24N4O2. The molecule has 0 saturated carbocycles. The van der Waals surface area contributed by atoms with Crippen LogP contribution in [-0.2, 0) is 11.3 Å². The number of carbonyl (C=O) groups excluding carboxylic acids is 1. The molecule has 6 heteroatoms. The van der Waals surface area contributed by atoms with Crippen molar-refractivity contribution in [2.24, 2.45) is 5.92 Å². The number of nitrogens with zero attached hydrogens (tertiary/aromatic N) is 3. The first-order chi connectivity index (χ1) is 10.3. The monoisotopic (exact) mass is 292 g/mol. The van der Waals surface area contributed by atoms with Crippen LogP contribution in [0.4, 0.5) is 0 Å². The molecule has 0 spiro atoms. The van der Waals surface area contributed by atoms with E-state index in [1.807, 2.05) is 11.0 Å². The first-order valence-electron chi connectivity index (χ1n) is 7.91. The Bertz CT molecular complexity index is 435. The van der Waals surface area contributed by atoms with Gasteiger partial charge in [0.1, 0.15) is 6.26 Å². The second-order valence-corrected chi connectivity index (χ2v) is 6.05. The molecule has 1 unspecified atom stereocenters. The summed E-state index contributed by atoms with van der Waals surface area (Å²) in [6.07, 6.45) is 4.56. The van der Waals surface area contributed by atoms with E-state index in [9.17, 15) is 4.79 Å². The molecule has 1 amide bonds. The van der Waals surface area contributed by atoms with Gasteiger partial charge in [0, 0.05) is 45.2 Å². The largest absolute Gasteiger partial charge is 0.364 e. The Balaban J connectivity index is 1.37. The summed E-state index contributed by atoms with van der Waals surface area (Å²) in [5, 5.41) is 7.29. The Morgan fingerprint density at radius 2 is 2.24 bits per heavy atom. The summed E-state index contributed by atoms with van der Waals surface area (Å²) in [7, 11) is 0. The quantitative estimate of drug-likeness (QED) is 0.866. The van der Waals surface area contributed by atoms with E-state index < -0.39 is 0 Å². The summed E-state index contributed by atoms with van der Waals surface area (Å²) in [4.78, 5) is 16.6. The summed E-state index contributed by atoms with van der Waals surface area (Å²) in [6.45, 7) is 6.51. The molecule has 6 nitrogen and oxygen atoms in total. The van der Waals surface area contributed by atoms with Crippen LogP contribution >= 0.6 is 0 Å². The predicted octanol–water partition coefficient (Wildman–Crippen LogP) is 0.708. The Kier molecular flexibility index (Phi) is 4.87. The van der Waals surface area contributed by atoms with E-state index in [0.29, 0.717) is 18.2 Å². The molecule has 2 fully saturated rings. The molecule has 21 heavy (non-hydrogen) atoms. The van der Waals surface area contributed by atoms with Crippen LogP contribution in [0.1, 0.15) is 25.0 Å². The van der Waals surface area contributed by atoms with Crippen LogP contribution in [0, 0.1) is 5.92 Å². The van der Waals surface area contributed by atoms with Crippen LogP contribution in [0.5, 0.6) is 0 Å². The van der Waals surface area contributed by atoms with Crippen molar-refractivity contribution in [2.75, 3.05) is 39.3 Å². The van der Waals surface area contributed by atoms with Crippen molar-refractivity contribution in [3.63, 3.8) is 0 Å². The molecule has 2 aliphatic heterocycles. The van der Waals surface area contributed by atoms with Gasteiger partial charge in [0.05, 0.1) is 5.69 Å². The van der Waals surface area contributed by atoms with Crippen molar-refractivity contribution in [3.05, 3.63) is 18.0 Å². The normalized spacial score (nSPS) is 23.6. The van der Waals surface area contributed by atoms with E-state index in [2.05, 4.69) is 15.4 Å². The maximum absolute atomic E-state index is 12.2. The average molecular weight is 292 g/mol. The highest BCUT2D eigenvalue weighted by molar-refractivity contribution is 5.76. The molecule has 3 rings (SSSR count). The van der Waals surface area contributed by atoms with Crippen molar-refractivity contribution >= 4 is 5.91 Å². The third-order valence-electron chi connectivity index (χ3n) is 4.53. The number of piperazine rings is 1. The predicted molar refractivity (Wildman–Crippen MR) is 78.6 cm³/mol. The summed E-state index contributed by atoms with van der Waals surface area (Å²) >= 11 is 0. The fourth-order valence-corrected chi connectivity index (χ4v) is 3.15. The molecule has 1 aromatic heterocycles. The molecule has 0 radical (unpaired) electrons. The van der Waals surface area contributed by atoms with E-state index in [1.54, 1.807) is 6.26 Å². The number of nitrogens with one attached hydrogen (secondary N) is 1. The highest BCUT2D eigenvalue weighted by Gasteiger charge is 2.23. The maximum atomic E-state index is 12.2. The van der Waals surface area contributed by atoms with Crippen LogP contribution in [-0.4, -0.2) is 60.1 Å². The van der Waals surface area contributed by atoms with Crippen molar-refractivity contribution in [3.8, 4) is 0 Å². The number of aromatic nitrogens is 1. The number of hydrogen-bond acceptors (Lipinski definition) is 5. The zero-order valence-electron chi connectivity index (χ0n) is 12.5. The fraction of sp³-hybridized carbons (Fsp3) is 0.733. The lowest BCUT2D eigenvalue weighted by Gasteiger charge is -2.34. The maximum Gasteiger partial charge on any atom is 0.222 e. The van der Waals surface area contributed by atoms with Gasteiger partial charge in [-0.15, -0.1) is 0 Å². The molecule has 1 atom stereocenters. The van der Waals surface area contributed by atoms with Crippen LogP contribution in [0.25, 0.3) is 0 Å². The van der Waals surface area contributed by atoms with Gasteiger partial charge in [-0.25, -0.2) is 0 Å². The third kappa shape index (κ3) is 4.04. The zero-order valence-corrected chi connectivity index (χ0v) is 12.5. The first kappa shape index (κ1) is 14.5. The zero-order chi connectivity index (χ0) is 14.5. The highest BCUT2D eigenvalue weighted by atomic mass is 16.5.